The first-order valence-corrected chi connectivity index (χ1v) is 10.9. The Kier molecular flexibility index (Phi) is 6.72. The smallest absolute Gasteiger partial charge is 0.265 e. The van der Waals surface area contributed by atoms with Gasteiger partial charge < -0.3 is 9.30 Å². The fourth-order valence-electron chi connectivity index (χ4n) is 3.69. The first-order chi connectivity index (χ1) is 15.3. The minimum absolute atomic E-state index is 0.377. The number of para-hydroxylation sites is 1. The van der Waals surface area contributed by atoms with E-state index in [-0.39, 0.29) is 0 Å². The van der Waals surface area contributed by atoms with Crippen LogP contribution in [0.5, 0.6) is 5.75 Å². The topological polar surface area (TPSA) is 77.2 Å². The van der Waals surface area contributed by atoms with Gasteiger partial charge in [0.1, 0.15) is 11.3 Å². The van der Waals surface area contributed by atoms with E-state index in [2.05, 4.69) is 50.4 Å². The molecule has 0 atom stereocenters. The fraction of sp³-hybridized carbons (Fsp3) is 0.333. The molecule has 0 fully saturated rings. The minimum atomic E-state index is 0.377. The molecule has 0 aliphatic heterocycles. The van der Waals surface area contributed by atoms with Gasteiger partial charge in [-0.2, -0.15) is 10.1 Å². The molecule has 0 bridgehead atoms. The summed E-state index contributed by atoms with van der Waals surface area (Å²) in [6, 6.07) is 16.0. The quantitative estimate of drug-likeness (QED) is 0.213. The molecule has 1 N–H and O–H groups in total. The molecule has 2 heterocycles. The number of hydrazone groups is 1. The summed E-state index contributed by atoms with van der Waals surface area (Å²) >= 11 is 0. The van der Waals surface area contributed by atoms with E-state index in [0.717, 1.165) is 46.3 Å². The third kappa shape index (κ3) is 4.82. The van der Waals surface area contributed by atoms with Crippen molar-refractivity contribution in [1.82, 2.24) is 19.7 Å². The van der Waals surface area contributed by atoms with Gasteiger partial charge in [-0.3, -0.25) is 0 Å². The van der Waals surface area contributed by atoms with Crippen molar-refractivity contribution in [2.75, 3.05) is 12.0 Å². The van der Waals surface area contributed by atoms with Crippen LogP contribution < -0.4 is 10.2 Å². The van der Waals surface area contributed by atoms with E-state index in [1.165, 1.54) is 19.3 Å². The molecule has 0 amide bonds. The highest BCUT2D eigenvalue weighted by Gasteiger charge is 2.14. The first-order valence-electron chi connectivity index (χ1n) is 10.9. The number of anilines is 1. The number of nitrogens with one attached hydrogen (secondary N) is 1. The van der Waals surface area contributed by atoms with E-state index in [4.69, 9.17) is 9.72 Å². The first kappa shape index (κ1) is 20.8. The highest BCUT2D eigenvalue weighted by atomic mass is 16.5. The number of unbranched alkanes of at least 4 members (excludes halogenated alkanes) is 3. The average Bonchev–Trinajstić information content (AvgIpc) is 3.10. The molecule has 0 aliphatic carbocycles. The number of rotatable bonds is 10. The number of fused-ring (bicyclic) bond motifs is 3. The fourth-order valence-corrected chi connectivity index (χ4v) is 3.69. The van der Waals surface area contributed by atoms with E-state index < -0.39 is 0 Å². The van der Waals surface area contributed by atoms with Crippen molar-refractivity contribution in [2.24, 2.45) is 5.10 Å². The third-order valence-electron chi connectivity index (χ3n) is 5.16. The number of benzene rings is 2. The highest BCUT2D eigenvalue weighted by Crippen LogP contribution is 2.27. The van der Waals surface area contributed by atoms with E-state index in [1.54, 1.807) is 6.21 Å². The van der Waals surface area contributed by atoms with Gasteiger partial charge in [-0.05, 0) is 37.1 Å². The van der Waals surface area contributed by atoms with Crippen LogP contribution in [0.2, 0.25) is 0 Å². The maximum atomic E-state index is 5.53. The molecule has 0 aliphatic rings. The Morgan fingerprint density at radius 3 is 2.81 bits per heavy atom. The van der Waals surface area contributed by atoms with Crippen molar-refractivity contribution in [3.8, 4) is 5.75 Å². The lowest BCUT2D eigenvalue weighted by molar-refractivity contribution is 0.340. The maximum absolute atomic E-state index is 5.53. The van der Waals surface area contributed by atoms with E-state index in [1.807, 2.05) is 37.3 Å². The molecule has 2 aromatic carbocycles. The average molecular weight is 417 g/mol. The van der Waals surface area contributed by atoms with E-state index in [9.17, 15) is 0 Å². The summed E-state index contributed by atoms with van der Waals surface area (Å²) in [5.74, 6) is 1.20. The second kappa shape index (κ2) is 10.0. The molecule has 4 rings (SSSR count). The van der Waals surface area contributed by atoms with Crippen molar-refractivity contribution in [1.29, 1.82) is 0 Å². The molecule has 0 radical (unpaired) electrons. The van der Waals surface area contributed by atoms with Gasteiger partial charge >= 0.3 is 0 Å². The monoisotopic (exact) mass is 416 g/mol. The minimum Gasteiger partial charge on any atom is -0.494 e. The molecule has 0 saturated carbocycles. The number of aryl methyl sites for hydroxylation is 1. The molecule has 7 heteroatoms. The van der Waals surface area contributed by atoms with Crippen molar-refractivity contribution < 1.29 is 4.74 Å². The van der Waals surface area contributed by atoms with Crippen molar-refractivity contribution >= 4 is 34.2 Å². The normalized spacial score (nSPS) is 11.5. The number of hydrogen-bond donors (Lipinski definition) is 1. The van der Waals surface area contributed by atoms with Gasteiger partial charge in [0.05, 0.1) is 18.3 Å². The molecule has 4 aromatic rings. The van der Waals surface area contributed by atoms with Crippen molar-refractivity contribution in [3.63, 3.8) is 0 Å². The molecule has 7 nitrogen and oxygen atoms in total. The summed E-state index contributed by atoms with van der Waals surface area (Å²) in [5, 5.41) is 14.0. The molecule has 31 heavy (non-hydrogen) atoms. The number of hydrogen-bond acceptors (Lipinski definition) is 6. The molecular formula is C24H28N6O. The van der Waals surface area contributed by atoms with Crippen LogP contribution in [0.15, 0.2) is 53.6 Å². The van der Waals surface area contributed by atoms with Gasteiger partial charge in [-0.25, -0.2) is 5.43 Å². The van der Waals surface area contributed by atoms with Crippen LogP contribution in [0.4, 0.5) is 5.95 Å². The predicted molar refractivity (Wildman–Crippen MR) is 126 cm³/mol. The van der Waals surface area contributed by atoms with Crippen molar-refractivity contribution in [3.05, 3.63) is 54.1 Å². The van der Waals surface area contributed by atoms with Crippen LogP contribution in [0.1, 0.15) is 45.1 Å². The van der Waals surface area contributed by atoms with Gasteiger partial charge in [0.25, 0.3) is 5.95 Å². The Balaban J connectivity index is 1.58. The number of ether oxygens (including phenoxy) is 1. The van der Waals surface area contributed by atoms with Gasteiger partial charge in [0, 0.05) is 11.9 Å². The van der Waals surface area contributed by atoms with Gasteiger partial charge in [0.2, 0.25) is 0 Å². The summed E-state index contributed by atoms with van der Waals surface area (Å²) in [5.41, 5.74) is 6.65. The van der Waals surface area contributed by atoms with Gasteiger partial charge in [0.15, 0.2) is 5.65 Å². The largest absolute Gasteiger partial charge is 0.494 e. The second-order valence-electron chi connectivity index (χ2n) is 7.41. The number of nitrogens with zero attached hydrogens (tertiary/aromatic N) is 5. The van der Waals surface area contributed by atoms with Crippen LogP contribution in [0, 0.1) is 0 Å². The zero-order chi connectivity index (χ0) is 21.5. The van der Waals surface area contributed by atoms with E-state index in [0.29, 0.717) is 12.6 Å². The standard InChI is InChI=1S/C24H28N6O/c1-3-5-6-9-15-30-21-14-8-7-13-20(21)22-23(30)26-24(29-27-22)28-25-17-18-11-10-12-19(16-18)31-4-2/h7-8,10-14,16-17H,3-6,9,15H2,1-2H3,(H,26,28,29)/b25-17+. The molecule has 0 spiro atoms. The lowest BCUT2D eigenvalue weighted by Gasteiger charge is -2.06. The SMILES string of the molecule is CCCCCCn1c2ccccc2c2nnc(N/N=C/c3cccc(OCC)c3)nc21. The lowest BCUT2D eigenvalue weighted by atomic mass is 10.2. The molecule has 2 aromatic heterocycles. The maximum Gasteiger partial charge on any atom is 0.265 e. The Labute approximate surface area is 182 Å². The summed E-state index contributed by atoms with van der Waals surface area (Å²) in [6.45, 7) is 5.73. The second-order valence-corrected chi connectivity index (χ2v) is 7.41. The molecule has 0 unspecified atom stereocenters. The summed E-state index contributed by atoms with van der Waals surface area (Å²) < 4.78 is 7.77. The summed E-state index contributed by atoms with van der Waals surface area (Å²) in [4.78, 5) is 4.73. The molecule has 160 valence electrons. The zero-order valence-electron chi connectivity index (χ0n) is 18.1. The van der Waals surface area contributed by atoms with Crippen LogP contribution in [-0.4, -0.2) is 32.6 Å². The number of aromatic nitrogens is 4. The van der Waals surface area contributed by atoms with Crippen LogP contribution >= 0.6 is 0 Å². The van der Waals surface area contributed by atoms with Crippen LogP contribution in [0.25, 0.3) is 22.1 Å². The van der Waals surface area contributed by atoms with Crippen LogP contribution in [0.3, 0.4) is 0 Å². The van der Waals surface area contributed by atoms with E-state index >= 15 is 0 Å². The zero-order valence-corrected chi connectivity index (χ0v) is 18.1. The third-order valence-corrected chi connectivity index (χ3v) is 5.16. The molecular weight excluding hydrogens is 388 g/mol. The highest BCUT2D eigenvalue weighted by molar-refractivity contribution is 6.04. The van der Waals surface area contributed by atoms with Gasteiger partial charge in [-0.1, -0.05) is 56.5 Å². The molecule has 0 saturated heterocycles. The van der Waals surface area contributed by atoms with Gasteiger partial charge in [-0.15, -0.1) is 10.2 Å². The lowest BCUT2D eigenvalue weighted by Crippen LogP contribution is -2.03. The van der Waals surface area contributed by atoms with Crippen molar-refractivity contribution in [2.45, 2.75) is 46.1 Å². The Bertz CT molecular complexity index is 1180. The Morgan fingerprint density at radius 1 is 1.03 bits per heavy atom. The Hall–Kier alpha value is -3.48. The Morgan fingerprint density at radius 2 is 1.94 bits per heavy atom. The summed E-state index contributed by atoms with van der Waals surface area (Å²) in [7, 11) is 0. The predicted octanol–water partition coefficient (Wildman–Crippen LogP) is 5.40. The van der Waals surface area contributed by atoms with Crippen LogP contribution in [-0.2, 0) is 6.54 Å². The summed E-state index contributed by atoms with van der Waals surface area (Å²) in [6.07, 6.45) is 6.51.